The highest BCUT2D eigenvalue weighted by molar-refractivity contribution is 5.95. The molecule has 0 heterocycles. The Labute approximate surface area is 121 Å². The summed E-state index contributed by atoms with van der Waals surface area (Å²) in [5.41, 5.74) is 1.12. The van der Waals surface area contributed by atoms with Crippen LogP contribution in [0.3, 0.4) is 0 Å². The fourth-order valence-corrected chi connectivity index (χ4v) is 3.30. The molecule has 114 valence electrons. The number of rotatable bonds is 4. The van der Waals surface area contributed by atoms with E-state index in [1.165, 1.54) is 14.2 Å². The Morgan fingerprint density at radius 3 is 2.10 bits per heavy atom. The van der Waals surface area contributed by atoms with E-state index in [0.717, 1.165) is 24.8 Å². The highest BCUT2D eigenvalue weighted by Gasteiger charge is 2.46. The van der Waals surface area contributed by atoms with Crippen LogP contribution in [0.2, 0.25) is 0 Å². The van der Waals surface area contributed by atoms with Crippen LogP contribution < -0.4 is 0 Å². The monoisotopic (exact) mass is 282 g/mol. The van der Waals surface area contributed by atoms with Gasteiger partial charge < -0.3 is 9.47 Å². The van der Waals surface area contributed by atoms with Crippen molar-refractivity contribution in [1.29, 1.82) is 0 Å². The minimum Gasteiger partial charge on any atom is -0.468 e. The SMILES string of the molecule is C=C(C)C1CCC(C)(C)CC1C(C(=O)OC)C(=O)OC. The van der Waals surface area contributed by atoms with Crippen LogP contribution in [0.25, 0.3) is 0 Å². The molecule has 4 heteroatoms. The molecule has 0 spiro atoms. The third kappa shape index (κ3) is 3.62. The molecule has 0 saturated heterocycles. The van der Waals surface area contributed by atoms with Gasteiger partial charge in [0.1, 0.15) is 0 Å². The first-order valence-electron chi connectivity index (χ1n) is 7.04. The smallest absolute Gasteiger partial charge is 0.320 e. The molecule has 2 atom stereocenters. The maximum absolute atomic E-state index is 12.0. The minimum atomic E-state index is -0.855. The Morgan fingerprint density at radius 1 is 1.20 bits per heavy atom. The molecule has 0 amide bonds. The second-order valence-electron chi connectivity index (χ2n) is 6.55. The van der Waals surface area contributed by atoms with Gasteiger partial charge in [-0.3, -0.25) is 9.59 Å². The predicted molar refractivity (Wildman–Crippen MR) is 76.9 cm³/mol. The van der Waals surface area contributed by atoms with Gasteiger partial charge in [-0.15, -0.1) is 0 Å². The van der Waals surface area contributed by atoms with Crippen molar-refractivity contribution in [1.82, 2.24) is 0 Å². The van der Waals surface area contributed by atoms with E-state index in [1.807, 2.05) is 6.92 Å². The zero-order chi connectivity index (χ0) is 15.5. The van der Waals surface area contributed by atoms with Gasteiger partial charge in [0.05, 0.1) is 14.2 Å². The number of carbonyl (C=O) groups is 2. The van der Waals surface area contributed by atoms with Gasteiger partial charge in [0.25, 0.3) is 0 Å². The van der Waals surface area contributed by atoms with Gasteiger partial charge in [-0.1, -0.05) is 26.0 Å². The Hall–Kier alpha value is -1.32. The van der Waals surface area contributed by atoms with E-state index in [-0.39, 0.29) is 17.3 Å². The lowest BCUT2D eigenvalue weighted by Crippen LogP contribution is -2.42. The second-order valence-corrected chi connectivity index (χ2v) is 6.55. The van der Waals surface area contributed by atoms with E-state index < -0.39 is 17.9 Å². The Morgan fingerprint density at radius 2 is 1.70 bits per heavy atom. The molecular weight excluding hydrogens is 256 g/mol. The average Bonchev–Trinajstić information content (AvgIpc) is 2.37. The summed E-state index contributed by atoms with van der Waals surface area (Å²) in [4.78, 5) is 24.1. The second kappa shape index (κ2) is 6.42. The van der Waals surface area contributed by atoms with E-state index in [9.17, 15) is 9.59 Å². The molecule has 0 aromatic rings. The third-order valence-electron chi connectivity index (χ3n) is 4.41. The molecule has 0 bridgehead atoms. The minimum absolute atomic E-state index is 0.101. The Balaban J connectivity index is 3.13. The van der Waals surface area contributed by atoms with Crippen molar-refractivity contribution in [2.75, 3.05) is 14.2 Å². The molecule has 1 saturated carbocycles. The van der Waals surface area contributed by atoms with Crippen molar-refractivity contribution in [3.05, 3.63) is 12.2 Å². The Kier molecular flexibility index (Phi) is 5.37. The van der Waals surface area contributed by atoms with Crippen LogP contribution in [0.15, 0.2) is 12.2 Å². The van der Waals surface area contributed by atoms with Crippen LogP contribution in [0, 0.1) is 23.2 Å². The molecule has 0 aromatic heterocycles. The summed E-state index contributed by atoms with van der Waals surface area (Å²) in [7, 11) is 2.62. The largest absolute Gasteiger partial charge is 0.468 e. The quantitative estimate of drug-likeness (QED) is 0.452. The normalized spacial score (nSPS) is 25.1. The standard InChI is InChI=1S/C16H26O4/c1-10(2)11-7-8-16(3,4)9-12(11)13(14(17)19-5)15(18)20-6/h11-13H,1,7-9H2,2-6H3. The lowest BCUT2D eigenvalue weighted by atomic mass is 9.62. The zero-order valence-corrected chi connectivity index (χ0v) is 13.2. The fraction of sp³-hybridized carbons (Fsp3) is 0.750. The molecule has 1 aliphatic rings. The predicted octanol–water partition coefficient (Wildman–Crippen LogP) is 2.97. The Bertz CT molecular complexity index is 381. The zero-order valence-electron chi connectivity index (χ0n) is 13.2. The maximum Gasteiger partial charge on any atom is 0.320 e. The van der Waals surface area contributed by atoms with Crippen LogP contribution in [-0.2, 0) is 19.1 Å². The van der Waals surface area contributed by atoms with E-state index in [0.29, 0.717) is 0 Å². The molecule has 1 fully saturated rings. The van der Waals surface area contributed by atoms with Gasteiger partial charge >= 0.3 is 11.9 Å². The summed E-state index contributed by atoms with van der Waals surface area (Å²) in [6.07, 6.45) is 2.80. The molecule has 0 radical (unpaired) electrons. The van der Waals surface area contributed by atoms with E-state index in [1.54, 1.807) is 0 Å². The molecule has 2 unspecified atom stereocenters. The first-order chi connectivity index (χ1) is 9.23. The summed E-state index contributed by atoms with van der Waals surface area (Å²) < 4.78 is 9.63. The summed E-state index contributed by atoms with van der Waals surface area (Å²) in [6, 6.07) is 0. The lowest BCUT2D eigenvalue weighted by molar-refractivity contribution is -0.164. The first-order valence-corrected chi connectivity index (χ1v) is 7.04. The van der Waals surface area contributed by atoms with E-state index in [2.05, 4.69) is 20.4 Å². The average molecular weight is 282 g/mol. The fourth-order valence-electron chi connectivity index (χ4n) is 3.30. The van der Waals surface area contributed by atoms with Crippen molar-refractivity contribution >= 4 is 11.9 Å². The van der Waals surface area contributed by atoms with Gasteiger partial charge in [-0.25, -0.2) is 0 Å². The van der Waals surface area contributed by atoms with Crippen LogP contribution in [0.4, 0.5) is 0 Å². The summed E-state index contributed by atoms with van der Waals surface area (Å²) >= 11 is 0. The van der Waals surface area contributed by atoms with Crippen molar-refractivity contribution in [2.24, 2.45) is 23.2 Å². The number of methoxy groups -OCH3 is 2. The number of ether oxygens (including phenoxy) is 2. The molecule has 0 aliphatic heterocycles. The molecular formula is C16H26O4. The van der Waals surface area contributed by atoms with Crippen LogP contribution in [-0.4, -0.2) is 26.2 Å². The van der Waals surface area contributed by atoms with Crippen molar-refractivity contribution in [2.45, 2.75) is 40.0 Å². The van der Waals surface area contributed by atoms with E-state index in [4.69, 9.17) is 9.47 Å². The van der Waals surface area contributed by atoms with Crippen LogP contribution in [0.5, 0.6) is 0 Å². The molecule has 4 nitrogen and oxygen atoms in total. The van der Waals surface area contributed by atoms with Gasteiger partial charge in [0.15, 0.2) is 5.92 Å². The van der Waals surface area contributed by atoms with Gasteiger partial charge in [0, 0.05) is 0 Å². The van der Waals surface area contributed by atoms with Crippen LogP contribution >= 0.6 is 0 Å². The number of hydrogen-bond donors (Lipinski definition) is 0. The van der Waals surface area contributed by atoms with Crippen molar-refractivity contribution < 1.29 is 19.1 Å². The van der Waals surface area contributed by atoms with Crippen molar-refractivity contribution in [3.8, 4) is 0 Å². The first kappa shape index (κ1) is 16.7. The highest BCUT2D eigenvalue weighted by Crippen LogP contribution is 2.47. The van der Waals surface area contributed by atoms with Gasteiger partial charge in [-0.05, 0) is 43.4 Å². The molecule has 1 aliphatic carbocycles. The van der Waals surface area contributed by atoms with E-state index >= 15 is 0 Å². The van der Waals surface area contributed by atoms with Gasteiger partial charge in [0.2, 0.25) is 0 Å². The third-order valence-corrected chi connectivity index (χ3v) is 4.41. The summed E-state index contributed by atoms with van der Waals surface area (Å²) in [6.45, 7) is 10.3. The molecule has 0 aromatic carbocycles. The maximum atomic E-state index is 12.0. The number of hydrogen-bond acceptors (Lipinski definition) is 4. The molecule has 20 heavy (non-hydrogen) atoms. The van der Waals surface area contributed by atoms with Crippen molar-refractivity contribution in [3.63, 3.8) is 0 Å². The lowest BCUT2D eigenvalue weighted by Gasteiger charge is -2.43. The molecule has 0 N–H and O–H groups in total. The number of allylic oxidation sites excluding steroid dienone is 1. The van der Waals surface area contributed by atoms with Crippen LogP contribution in [0.1, 0.15) is 40.0 Å². The highest BCUT2D eigenvalue weighted by atomic mass is 16.5. The number of esters is 2. The summed E-state index contributed by atoms with van der Waals surface area (Å²) in [5.74, 6) is -1.81. The summed E-state index contributed by atoms with van der Waals surface area (Å²) in [5, 5.41) is 0. The molecule has 1 rings (SSSR count). The number of carbonyl (C=O) groups excluding carboxylic acids is 2. The van der Waals surface area contributed by atoms with Gasteiger partial charge in [-0.2, -0.15) is 0 Å². The topological polar surface area (TPSA) is 52.6 Å².